The van der Waals surface area contributed by atoms with Gasteiger partial charge in [0.1, 0.15) is 5.70 Å². The molecule has 3 aliphatic heterocycles. The highest BCUT2D eigenvalue weighted by atomic mass is 16.4. The predicted octanol–water partition coefficient (Wildman–Crippen LogP) is 1.34. The van der Waals surface area contributed by atoms with E-state index < -0.39 is 18.0 Å². The second-order valence-corrected chi connectivity index (χ2v) is 7.22. The summed E-state index contributed by atoms with van der Waals surface area (Å²) in [5, 5.41) is 27.3. The van der Waals surface area contributed by atoms with E-state index in [2.05, 4.69) is 0 Å². The number of fused-ring (bicyclic) bond motifs is 1. The standard InChI is InChI=1S/C18H25N3O4/c1-9(7-12-5-4-6-20(12)11(3)19)13-8-14-15(10(2)22)17(23)21(14)16(13)18(24)25/h7,10,12,14-15,19,22H,4-6,8H2,1-3H3,(H,24,25)/t10-,12+,14-,15-/m1/s1. The van der Waals surface area contributed by atoms with E-state index in [9.17, 15) is 19.8 Å². The van der Waals surface area contributed by atoms with Gasteiger partial charge in [-0.15, -0.1) is 0 Å². The Hall–Kier alpha value is -2.15. The average Bonchev–Trinajstić information content (AvgIpc) is 3.08. The monoisotopic (exact) mass is 347 g/mol. The number of likely N-dealkylation sites (tertiary alicyclic amines) is 1. The minimum atomic E-state index is -1.10. The van der Waals surface area contributed by atoms with Gasteiger partial charge >= 0.3 is 5.97 Å². The zero-order valence-corrected chi connectivity index (χ0v) is 14.8. The van der Waals surface area contributed by atoms with Crippen molar-refractivity contribution in [2.24, 2.45) is 5.92 Å². The molecule has 7 nitrogen and oxygen atoms in total. The number of allylic oxidation sites excluding steroid dienone is 1. The molecule has 7 heteroatoms. The first-order valence-electron chi connectivity index (χ1n) is 8.72. The van der Waals surface area contributed by atoms with Gasteiger partial charge in [-0.3, -0.25) is 10.2 Å². The molecule has 0 aromatic rings. The smallest absolute Gasteiger partial charge is 0.352 e. The van der Waals surface area contributed by atoms with Gasteiger partial charge in [0.2, 0.25) is 5.91 Å². The molecule has 0 aromatic carbocycles. The number of carboxylic acid groups (broad SMARTS) is 1. The number of aliphatic hydroxyl groups excluding tert-OH is 1. The van der Waals surface area contributed by atoms with Gasteiger partial charge in [0, 0.05) is 12.6 Å². The van der Waals surface area contributed by atoms with E-state index in [-0.39, 0.29) is 23.7 Å². The molecular formula is C18H25N3O4. The second-order valence-electron chi connectivity index (χ2n) is 7.22. The van der Waals surface area contributed by atoms with Gasteiger partial charge in [-0.1, -0.05) is 6.08 Å². The number of aliphatic hydroxyl groups is 1. The zero-order chi connectivity index (χ0) is 18.5. The fourth-order valence-electron chi connectivity index (χ4n) is 4.39. The van der Waals surface area contributed by atoms with Gasteiger partial charge in [-0.05, 0) is 51.2 Å². The van der Waals surface area contributed by atoms with Crippen molar-refractivity contribution >= 4 is 17.7 Å². The number of amides is 1. The normalized spacial score (nSPS) is 30.5. The summed E-state index contributed by atoms with van der Waals surface area (Å²) in [5.74, 6) is -1.42. The molecule has 0 spiro atoms. The maximum atomic E-state index is 12.3. The third kappa shape index (κ3) is 2.76. The highest BCUT2D eigenvalue weighted by Gasteiger charge is 2.56. The van der Waals surface area contributed by atoms with Gasteiger partial charge in [0.25, 0.3) is 0 Å². The molecule has 0 aromatic heterocycles. The number of amidine groups is 1. The third-order valence-corrected chi connectivity index (χ3v) is 5.58. The molecule has 0 aliphatic carbocycles. The number of rotatable bonds is 4. The van der Waals surface area contributed by atoms with E-state index in [1.54, 1.807) is 13.8 Å². The summed E-state index contributed by atoms with van der Waals surface area (Å²) >= 11 is 0. The number of carbonyl (C=O) groups excluding carboxylic acids is 1. The Kier molecular flexibility index (Phi) is 4.45. The quantitative estimate of drug-likeness (QED) is 0.404. The number of nitrogens with one attached hydrogen (secondary N) is 1. The highest BCUT2D eigenvalue weighted by Crippen LogP contribution is 2.45. The first-order valence-corrected chi connectivity index (χ1v) is 8.72. The first-order chi connectivity index (χ1) is 11.7. The van der Waals surface area contributed by atoms with Crippen LogP contribution in [0.5, 0.6) is 0 Å². The zero-order valence-electron chi connectivity index (χ0n) is 14.8. The Morgan fingerprint density at radius 1 is 1.40 bits per heavy atom. The Balaban J connectivity index is 1.90. The van der Waals surface area contributed by atoms with Crippen LogP contribution in [0.15, 0.2) is 22.9 Å². The Morgan fingerprint density at radius 3 is 2.64 bits per heavy atom. The minimum absolute atomic E-state index is 0.0526. The highest BCUT2D eigenvalue weighted by molar-refractivity contribution is 6.00. The van der Waals surface area contributed by atoms with Crippen LogP contribution in [0.4, 0.5) is 0 Å². The fraction of sp³-hybridized carbons (Fsp3) is 0.611. The van der Waals surface area contributed by atoms with Crippen molar-refractivity contribution in [3.05, 3.63) is 22.9 Å². The number of hydrogen-bond acceptors (Lipinski definition) is 4. The lowest BCUT2D eigenvalue weighted by Gasteiger charge is -2.44. The number of β-lactam (4-membered cyclic amide) rings is 1. The Labute approximate surface area is 147 Å². The van der Waals surface area contributed by atoms with Crippen LogP contribution >= 0.6 is 0 Å². The van der Waals surface area contributed by atoms with E-state index in [1.807, 2.05) is 17.9 Å². The molecule has 4 atom stereocenters. The van der Waals surface area contributed by atoms with Gasteiger partial charge in [0.15, 0.2) is 0 Å². The molecule has 2 saturated heterocycles. The third-order valence-electron chi connectivity index (χ3n) is 5.58. The molecule has 0 radical (unpaired) electrons. The predicted molar refractivity (Wildman–Crippen MR) is 92.0 cm³/mol. The van der Waals surface area contributed by atoms with Crippen LogP contribution in [0.2, 0.25) is 0 Å². The van der Waals surface area contributed by atoms with Gasteiger partial charge in [0.05, 0.1) is 23.9 Å². The number of hydrogen-bond donors (Lipinski definition) is 3. The summed E-state index contributed by atoms with van der Waals surface area (Å²) in [7, 11) is 0. The van der Waals surface area contributed by atoms with E-state index in [4.69, 9.17) is 5.41 Å². The van der Waals surface area contributed by atoms with Crippen LogP contribution in [0.25, 0.3) is 0 Å². The lowest BCUT2D eigenvalue weighted by atomic mass is 9.82. The maximum absolute atomic E-state index is 12.3. The molecule has 0 saturated carbocycles. The van der Waals surface area contributed by atoms with Gasteiger partial charge in [-0.2, -0.15) is 0 Å². The second kappa shape index (κ2) is 6.29. The largest absolute Gasteiger partial charge is 0.477 e. The fourth-order valence-corrected chi connectivity index (χ4v) is 4.39. The van der Waals surface area contributed by atoms with Crippen molar-refractivity contribution in [2.45, 2.75) is 58.2 Å². The molecule has 1 amide bonds. The molecular weight excluding hydrogens is 322 g/mol. The number of carboxylic acids is 1. The molecule has 3 N–H and O–H groups in total. The van der Waals surface area contributed by atoms with E-state index >= 15 is 0 Å². The minimum Gasteiger partial charge on any atom is -0.477 e. The summed E-state index contributed by atoms with van der Waals surface area (Å²) in [6, 6.07) is -0.169. The molecule has 0 bridgehead atoms. The maximum Gasteiger partial charge on any atom is 0.352 e. The van der Waals surface area contributed by atoms with Gasteiger partial charge < -0.3 is 20.0 Å². The summed E-state index contributed by atoms with van der Waals surface area (Å²) < 4.78 is 0. The Bertz CT molecular complexity index is 694. The van der Waals surface area contributed by atoms with E-state index in [1.165, 1.54) is 4.90 Å². The summed E-state index contributed by atoms with van der Waals surface area (Å²) in [4.78, 5) is 27.4. The molecule has 3 rings (SSSR count). The Morgan fingerprint density at radius 2 is 2.08 bits per heavy atom. The average molecular weight is 347 g/mol. The molecule has 3 heterocycles. The number of nitrogens with zero attached hydrogens (tertiary/aromatic N) is 2. The van der Waals surface area contributed by atoms with Crippen LogP contribution in [0.3, 0.4) is 0 Å². The topological polar surface area (TPSA) is 105 Å². The van der Waals surface area contributed by atoms with Crippen molar-refractivity contribution in [3.63, 3.8) is 0 Å². The van der Waals surface area contributed by atoms with Crippen molar-refractivity contribution in [1.82, 2.24) is 9.80 Å². The van der Waals surface area contributed by atoms with Crippen molar-refractivity contribution in [1.29, 1.82) is 5.41 Å². The lowest BCUT2D eigenvalue weighted by molar-refractivity contribution is -0.161. The number of carbonyl (C=O) groups is 2. The van der Waals surface area contributed by atoms with Crippen molar-refractivity contribution in [3.8, 4) is 0 Å². The van der Waals surface area contributed by atoms with E-state index in [0.29, 0.717) is 17.8 Å². The first kappa shape index (κ1) is 17.7. The van der Waals surface area contributed by atoms with Crippen LogP contribution in [0.1, 0.15) is 40.0 Å². The summed E-state index contributed by atoms with van der Waals surface area (Å²) in [6.07, 6.45) is 3.65. The van der Waals surface area contributed by atoms with Crippen molar-refractivity contribution in [2.75, 3.05) is 6.54 Å². The number of aliphatic carboxylic acids is 1. The van der Waals surface area contributed by atoms with Crippen LogP contribution < -0.4 is 0 Å². The van der Waals surface area contributed by atoms with Crippen LogP contribution in [0, 0.1) is 11.3 Å². The molecule has 2 fully saturated rings. The molecule has 3 aliphatic rings. The lowest BCUT2D eigenvalue weighted by Crippen LogP contribution is -2.61. The molecule has 0 unspecified atom stereocenters. The van der Waals surface area contributed by atoms with E-state index in [0.717, 1.165) is 25.0 Å². The molecule has 136 valence electrons. The summed E-state index contributed by atoms with van der Waals surface area (Å²) in [5.41, 5.74) is 1.57. The van der Waals surface area contributed by atoms with Crippen LogP contribution in [-0.2, 0) is 9.59 Å². The molecule has 25 heavy (non-hydrogen) atoms. The van der Waals surface area contributed by atoms with Crippen molar-refractivity contribution < 1.29 is 19.8 Å². The van der Waals surface area contributed by atoms with Crippen LogP contribution in [-0.4, -0.2) is 62.5 Å². The SMILES string of the molecule is CC(=N)N1CCC[C@H]1C=C(C)C1=C(C(=O)O)N2C(=O)[C@H]([C@@H](C)O)[C@H]2C1. The summed E-state index contributed by atoms with van der Waals surface area (Å²) in [6.45, 7) is 6.05. The van der Waals surface area contributed by atoms with Gasteiger partial charge in [-0.25, -0.2) is 4.79 Å².